The van der Waals surface area contributed by atoms with Crippen molar-refractivity contribution in [2.75, 3.05) is 59.5 Å². The summed E-state index contributed by atoms with van der Waals surface area (Å²) in [5.41, 5.74) is 0. The Labute approximate surface area is 165 Å². The van der Waals surface area contributed by atoms with E-state index in [0.29, 0.717) is 0 Å². The molecular formula is C18H37IN4O. The topological polar surface area (TPSA) is 40.1 Å². The highest BCUT2D eigenvalue weighted by Gasteiger charge is 2.21. The van der Waals surface area contributed by atoms with E-state index in [1.54, 1.807) is 0 Å². The third kappa shape index (κ3) is 8.85. The van der Waals surface area contributed by atoms with Crippen LogP contribution >= 0.6 is 24.0 Å². The average molecular weight is 452 g/mol. The summed E-state index contributed by atoms with van der Waals surface area (Å²) in [6.45, 7) is 12.4. The van der Waals surface area contributed by atoms with Gasteiger partial charge in [0.05, 0.1) is 13.2 Å². The van der Waals surface area contributed by atoms with E-state index in [2.05, 4.69) is 36.0 Å². The van der Waals surface area contributed by atoms with E-state index in [-0.39, 0.29) is 24.0 Å². The lowest BCUT2D eigenvalue weighted by Crippen LogP contribution is -2.41. The quantitative estimate of drug-likeness (QED) is 0.253. The summed E-state index contributed by atoms with van der Waals surface area (Å²) in [7, 11) is 2.10. The smallest absolute Gasteiger partial charge is 0.193 e. The first-order valence-corrected chi connectivity index (χ1v) is 9.48. The van der Waals surface area contributed by atoms with Crippen molar-refractivity contribution >= 4 is 29.9 Å². The fraction of sp³-hybridized carbons (Fsp3) is 0.944. The standard InChI is InChI=1S/C18H36N4O.HI/c1-4-19-18(21(3)12-13-23-15-17-7-8-17)20-9-11-22-10-5-6-16(2)14-22;/h16-17H,4-15H2,1-3H3,(H,19,20);1H. The normalized spacial score (nSPS) is 22.1. The Morgan fingerprint density at radius 2 is 2.12 bits per heavy atom. The van der Waals surface area contributed by atoms with Gasteiger partial charge in [-0.25, -0.2) is 0 Å². The van der Waals surface area contributed by atoms with Crippen LogP contribution in [-0.2, 0) is 4.74 Å². The second kappa shape index (κ2) is 12.3. The van der Waals surface area contributed by atoms with Gasteiger partial charge in [0.2, 0.25) is 0 Å². The maximum absolute atomic E-state index is 5.74. The van der Waals surface area contributed by atoms with Crippen LogP contribution in [0.3, 0.4) is 0 Å². The maximum atomic E-state index is 5.74. The zero-order valence-corrected chi connectivity index (χ0v) is 18.1. The average Bonchev–Trinajstić information content (AvgIpc) is 3.35. The van der Waals surface area contributed by atoms with Crippen molar-refractivity contribution in [3.05, 3.63) is 0 Å². The molecule has 142 valence electrons. The number of nitrogens with one attached hydrogen (secondary N) is 1. The summed E-state index contributed by atoms with van der Waals surface area (Å²) in [5.74, 6) is 2.69. The van der Waals surface area contributed by atoms with Crippen molar-refractivity contribution in [2.24, 2.45) is 16.8 Å². The molecule has 24 heavy (non-hydrogen) atoms. The molecule has 0 aromatic carbocycles. The molecule has 6 heteroatoms. The number of aliphatic imine (C=N–C) groups is 1. The van der Waals surface area contributed by atoms with Crippen LogP contribution in [0, 0.1) is 11.8 Å². The minimum absolute atomic E-state index is 0. The molecule has 0 spiro atoms. The number of guanidine groups is 1. The van der Waals surface area contributed by atoms with Gasteiger partial charge < -0.3 is 19.9 Å². The Morgan fingerprint density at radius 1 is 1.33 bits per heavy atom. The molecule has 2 rings (SSSR count). The molecule has 1 N–H and O–H groups in total. The van der Waals surface area contributed by atoms with Gasteiger partial charge in [-0.15, -0.1) is 24.0 Å². The molecule has 0 radical (unpaired) electrons. The van der Waals surface area contributed by atoms with Crippen molar-refractivity contribution in [1.29, 1.82) is 0 Å². The SMILES string of the molecule is CCNC(=NCCN1CCCC(C)C1)N(C)CCOCC1CC1.I. The van der Waals surface area contributed by atoms with Crippen molar-refractivity contribution in [3.8, 4) is 0 Å². The van der Waals surface area contributed by atoms with Gasteiger partial charge in [0, 0.05) is 39.8 Å². The Balaban J connectivity index is 0.00000288. The lowest BCUT2D eigenvalue weighted by Gasteiger charge is -2.30. The van der Waals surface area contributed by atoms with Crippen LogP contribution < -0.4 is 5.32 Å². The molecule has 1 atom stereocenters. The Kier molecular flexibility index (Phi) is 11.3. The summed E-state index contributed by atoms with van der Waals surface area (Å²) in [4.78, 5) is 9.54. The molecule has 2 fully saturated rings. The summed E-state index contributed by atoms with van der Waals surface area (Å²) < 4.78 is 5.74. The summed E-state index contributed by atoms with van der Waals surface area (Å²) >= 11 is 0. The summed E-state index contributed by atoms with van der Waals surface area (Å²) in [6, 6.07) is 0. The Morgan fingerprint density at radius 3 is 2.79 bits per heavy atom. The van der Waals surface area contributed by atoms with Gasteiger partial charge in [0.1, 0.15) is 0 Å². The molecule has 1 aliphatic heterocycles. The number of piperidine rings is 1. The van der Waals surface area contributed by atoms with Crippen molar-refractivity contribution in [2.45, 2.75) is 39.5 Å². The zero-order valence-electron chi connectivity index (χ0n) is 15.8. The fourth-order valence-corrected chi connectivity index (χ4v) is 3.10. The lowest BCUT2D eigenvalue weighted by atomic mass is 10.0. The number of nitrogens with zero attached hydrogens (tertiary/aromatic N) is 3. The first-order chi connectivity index (χ1) is 11.2. The van der Waals surface area contributed by atoms with Crippen molar-refractivity contribution < 1.29 is 4.74 Å². The Hall–Kier alpha value is -0.0800. The second-order valence-electron chi connectivity index (χ2n) is 7.22. The minimum Gasteiger partial charge on any atom is -0.379 e. The number of likely N-dealkylation sites (N-methyl/N-ethyl adjacent to an activating group) is 1. The van der Waals surface area contributed by atoms with Crippen LogP contribution in [0.5, 0.6) is 0 Å². The summed E-state index contributed by atoms with van der Waals surface area (Å²) in [5, 5.41) is 3.39. The second-order valence-corrected chi connectivity index (χ2v) is 7.22. The van der Waals surface area contributed by atoms with E-state index in [1.807, 2.05) is 0 Å². The first kappa shape index (κ1) is 22.0. The number of hydrogen-bond acceptors (Lipinski definition) is 3. The van der Waals surface area contributed by atoms with E-state index >= 15 is 0 Å². The lowest BCUT2D eigenvalue weighted by molar-refractivity contribution is 0.115. The molecule has 5 nitrogen and oxygen atoms in total. The fourth-order valence-electron chi connectivity index (χ4n) is 3.10. The van der Waals surface area contributed by atoms with E-state index in [4.69, 9.17) is 9.73 Å². The molecule has 1 unspecified atom stereocenters. The maximum Gasteiger partial charge on any atom is 0.193 e. The van der Waals surface area contributed by atoms with E-state index in [9.17, 15) is 0 Å². The molecule has 0 bridgehead atoms. The predicted octanol–water partition coefficient (Wildman–Crippen LogP) is 2.66. The number of hydrogen-bond donors (Lipinski definition) is 1. The number of halogens is 1. The highest BCUT2D eigenvalue weighted by molar-refractivity contribution is 14.0. The summed E-state index contributed by atoms with van der Waals surface area (Å²) in [6.07, 6.45) is 5.43. The van der Waals surface area contributed by atoms with Crippen LogP contribution in [0.4, 0.5) is 0 Å². The van der Waals surface area contributed by atoms with Crippen LogP contribution in [-0.4, -0.2) is 75.3 Å². The van der Waals surface area contributed by atoms with Crippen molar-refractivity contribution in [1.82, 2.24) is 15.1 Å². The molecule has 1 saturated carbocycles. The molecule has 2 aliphatic rings. The molecule has 1 aliphatic carbocycles. The van der Waals surface area contributed by atoms with E-state index < -0.39 is 0 Å². The predicted molar refractivity (Wildman–Crippen MR) is 112 cm³/mol. The third-order valence-corrected chi connectivity index (χ3v) is 4.74. The van der Waals surface area contributed by atoms with Gasteiger partial charge in [0.25, 0.3) is 0 Å². The molecule has 0 amide bonds. The largest absolute Gasteiger partial charge is 0.379 e. The van der Waals surface area contributed by atoms with Crippen LogP contribution in [0.1, 0.15) is 39.5 Å². The number of ether oxygens (including phenoxy) is 1. The first-order valence-electron chi connectivity index (χ1n) is 9.48. The Bertz CT molecular complexity index is 363. The van der Waals surface area contributed by atoms with Gasteiger partial charge in [-0.1, -0.05) is 6.92 Å². The molecule has 0 aromatic rings. The molecule has 1 saturated heterocycles. The molecular weight excluding hydrogens is 415 g/mol. The molecule has 0 aromatic heterocycles. The van der Waals surface area contributed by atoms with Gasteiger partial charge in [-0.2, -0.15) is 0 Å². The van der Waals surface area contributed by atoms with Crippen LogP contribution in [0.15, 0.2) is 4.99 Å². The highest BCUT2D eigenvalue weighted by atomic mass is 127. The van der Waals surface area contributed by atoms with Crippen LogP contribution in [0.2, 0.25) is 0 Å². The monoisotopic (exact) mass is 452 g/mol. The van der Waals surface area contributed by atoms with E-state index in [1.165, 1.54) is 38.8 Å². The van der Waals surface area contributed by atoms with Crippen LogP contribution in [0.25, 0.3) is 0 Å². The molecule has 1 heterocycles. The minimum atomic E-state index is 0. The zero-order chi connectivity index (χ0) is 16.5. The van der Waals surface area contributed by atoms with Gasteiger partial charge >= 0.3 is 0 Å². The third-order valence-electron chi connectivity index (χ3n) is 4.74. The number of likely N-dealkylation sites (tertiary alicyclic amines) is 1. The number of rotatable bonds is 9. The van der Waals surface area contributed by atoms with Gasteiger partial charge in [-0.05, 0) is 51.0 Å². The van der Waals surface area contributed by atoms with Gasteiger partial charge in [0.15, 0.2) is 5.96 Å². The van der Waals surface area contributed by atoms with E-state index in [0.717, 1.165) is 57.2 Å². The highest BCUT2D eigenvalue weighted by Crippen LogP contribution is 2.28. The van der Waals surface area contributed by atoms with Gasteiger partial charge in [-0.3, -0.25) is 4.99 Å². The van der Waals surface area contributed by atoms with Crippen molar-refractivity contribution in [3.63, 3.8) is 0 Å².